The quantitative estimate of drug-likeness (QED) is 0.683. The summed E-state index contributed by atoms with van der Waals surface area (Å²) >= 11 is 1.35. The highest BCUT2D eigenvalue weighted by Crippen LogP contribution is 2.37. The largest absolute Gasteiger partial charge is 0.465 e. The predicted octanol–water partition coefficient (Wildman–Crippen LogP) is 2.88. The topological polar surface area (TPSA) is 88.8 Å². The van der Waals surface area contributed by atoms with Crippen LogP contribution < -0.4 is 10.7 Å². The van der Waals surface area contributed by atoms with E-state index in [2.05, 4.69) is 10.2 Å². The van der Waals surface area contributed by atoms with Gasteiger partial charge in [-0.05, 0) is 31.2 Å². The summed E-state index contributed by atoms with van der Waals surface area (Å²) in [6.07, 6.45) is 0.702. The van der Waals surface area contributed by atoms with E-state index in [0.717, 1.165) is 23.1 Å². The van der Waals surface area contributed by atoms with Crippen molar-refractivity contribution in [2.75, 3.05) is 26.0 Å². The van der Waals surface area contributed by atoms with Crippen LogP contribution >= 0.6 is 11.3 Å². The molecule has 1 amide bonds. The highest BCUT2D eigenvalue weighted by Gasteiger charge is 2.29. The van der Waals surface area contributed by atoms with Crippen LogP contribution in [0.5, 0.6) is 0 Å². The summed E-state index contributed by atoms with van der Waals surface area (Å²) in [4.78, 5) is 40.5. The molecule has 0 aliphatic carbocycles. The zero-order chi connectivity index (χ0) is 19.8. The Kier molecular flexibility index (Phi) is 4.74. The van der Waals surface area contributed by atoms with E-state index < -0.39 is 11.9 Å². The van der Waals surface area contributed by atoms with Crippen LogP contribution in [0.3, 0.4) is 0 Å². The number of likely N-dealkylation sites (N-methyl/N-ethyl adjacent to an activating group) is 1. The third-order valence-electron chi connectivity index (χ3n) is 4.72. The van der Waals surface area contributed by atoms with Gasteiger partial charge in [-0.3, -0.25) is 9.59 Å². The second-order valence-corrected chi connectivity index (χ2v) is 7.72. The molecule has 3 heterocycles. The molecule has 0 spiro atoms. The maximum absolute atomic E-state index is 12.8. The molecule has 1 aliphatic heterocycles. The van der Waals surface area contributed by atoms with Gasteiger partial charge < -0.3 is 19.4 Å². The van der Waals surface area contributed by atoms with Crippen molar-refractivity contribution in [3.63, 3.8) is 0 Å². The van der Waals surface area contributed by atoms with E-state index in [9.17, 15) is 14.4 Å². The van der Waals surface area contributed by atoms with E-state index in [1.54, 1.807) is 24.3 Å². The Hall–Kier alpha value is -2.97. The fraction of sp³-hybridized carbons (Fsp3) is 0.250. The van der Waals surface area contributed by atoms with Gasteiger partial charge >= 0.3 is 5.97 Å². The zero-order valence-corrected chi connectivity index (χ0v) is 16.2. The van der Waals surface area contributed by atoms with E-state index in [1.165, 1.54) is 18.4 Å². The molecule has 0 bridgehead atoms. The molecular weight excluding hydrogens is 380 g/mol. The number of carbonyl (C=O) groups excluding carboxylic acids is 2. The Morgan fingerprint density at radius 2 is 2.07 bits per heavy atom. The number of nitrogens with zero attached hydrogens (tertiary/aromatic N) is 1. The lowest BCUT2D eigenvalue weighted by Gasteiger charge is -2.22. The molecule has 1 N–H and O–H groups in total. The Labute approximate surface area is 164 Å². The fourth-order valence-corrected chi connectivity index (χ4v) is 4.63. The van der Waals surface area contributed by atoms with E-state index in [4.69, 9.17) is 9.15 Å². The standard InChI is InChI=1S/C20H18N2O5S/c1-22-8-7-12-16(10-22)28-19(17(12)20(25)26-2)21-18(24)15-9-13(23)11-5-3-4-6-14(11)27-15/h3-6,9H,7-8,10H2,1-2H3,(H,21,24). The number of nitrogens with one attached hydrogen (secondary N) is 1. The lowest BCUT2D eigenvalue weighted by atomic mass is 10.0. The first kappa shape index (κ1) is 18.4. The Morgan fingerprint density at radius 3 is 2.86 bits per heavy atom. The minimum atomic E-state index is -0.583. The maximum Gasteiger partial charge on any atom is 0.341 e. The number of hydrogen-bond donors (Lipinski definition) is 1. The van der Waals surface area contributed by atoms with Crippen molar-refractivity contribution in [1.82, 2.24) is 4.90 Å². The number of anilines is 1. The molecule has 8 heteroatoms. The summed E-state index contributed by atoms with van der Waals surface area (Å²) < 4.78 is 10.5. The third-order valence-corrected chi connectivity index (χ3v) is 5.85. The molecular formula is C20H18N2O5S. The first-order chi connectivity index (χ1) is 13.5. The predicted molar refractivity (Wildman–Crippen MR) is 106 cm³/mol. The minimum Gasteiger partial charge on any atom is -0.465 e. The Morgan fingerprint density at radius 1 is 1.29 bits per heavy atom. The van der Waals surface area contributed by atoms with Crippen molar-refractivity contribution in [2.24, 2.45) is 0 Å². The summed E-state index contributed by atoms with van der Waals surface area (Å²) in [5, 5.41) is 3.55. The van der Waals surface area contributed by atoms with E-state index >= 15 is 0 Å². The number of esters is 1. The molecule has 0 saturated heterocycles. The summed E-state index contributed by atoms with van der Waals surface area (Å²) in [6, 6.07) is 7.90. The monoisotopic (exact) mass is 398 g/mol. The molecule has 3 aromatic rings. The van der Waals surface area contributed by atoms with Gasteiger partial charge in [-0.25, -0.2) is 4.79 Å². The number of para-hydroxylation sites is 1. The molecule has 0 unspecified atom stereocenters. The number of amides is 1. The van der Waals surface area contributed by atoms with Crippen LogP contribution in [0.25, 0.3) is 11.0 Å². The van der Waals surface area contributed by atoms with Crippen LogP contribution in [0.2, 0.25) is 0 Å². The number of methoxy groups -OCH3 is 1. The molecule has 7 nitrogen and oxygen atoms in total. The number of rotatable bonds is 3. The second-order valence-electron chi connectivity index (χ2n) is 6.61. The van der Waals surface area contributed by atoms with Crippen LogP contribution in [0.1, 0.15) is 31.4 Å². The van der Waals surface area contributed by atoms with Crippen LogP contribution in [-0.2, 0) is 17.7 Å². The molecule has 1 aliphatic rings. The first-order valence-corrected chi connectivity index (χ1v) is 9.55. The van der Waals surface area contributed by atoms with Crippen LogP contribution in [-0.4, -0.2) is 37.5 Å². The molecule has 1 aromatic carbocycles. The SMILES string of the molecule is COC(=O)c1c(NC(=O)c2cc(=O)c3ccccc3o2)sc2c1CCN(C)C2. The van der Waals surface area contributed by atoms with Gasteiger partial charge in [-0.2, -0.15) is 0 Å². The van der Waals surface area contributed by atoms with Gasteiger partial charge in [0.2, 0.25) is 0 Å². The highest BCUT2D eigenvalue weighted by molar-refractivity contribution is 7.17. The summed E-state index contributed by atoms with van der Waals surface area (Å²) in [6.45, 7) is 1.52. The zero-order valence-electron chi connectivity index (χ0n) is 15.4. The van der Waals surface area contributed by atoms with Gasteiger partial charge in [0.25, 0.3) is 5.91 Å². The number of fused-ring (bicyclic) bond motifs is 2. The molecule has 0 saturated carbocycles. The van der Waals surface area contributed by atoms with Crippen LogP contribution in [0, 0.1) is 0 Å². The van der Waals surface area contributed by atoms with Crippen molar-refractivity contribution in [2.45, 2.75) is 13.0 Å². The summed E-state index contributed by atoms with van der Waals surface area (Å²) in [7, 11) is 3.32. The van der Waals surface area contributed by atoms with E-state index in [-0.39, 0.29) is 11.2 Å². The fourth-order valence-electron chi connectivity index (χ4n) is 3.32. The van der Waals surface area contributed by atoms with Gasteiger partial charge in [-0.1, -0.05) is 12.1 Å². The number of hydrogen-bond acceptors (Lipinski definition) is 7. The highest BCUT2D eigenvalue weighted by atomic mass is 32.1. The average molecular weight is 398 g/mol. The van der Waals surface area contributed by atoms with Gasteiger partial charge in [0.05, 0.1) is 18.1 Å². The average Bonchev–Trinajstić information content (AvgIpc) is 3.04. The number of benzene rings is 1. The maximum atomic E-state index is 12.8. The molecule has 0 fully saturated rings. The van der Waals surface area contributed by atoms with Gasteiger partial charge in [0, 0.05) is 24.0 Å². The van der Waals surface area contributed by atoms with Crippen LogP contribution in [0.4, 0.5) is 5.00 Å². The van der Waals surface area contributed by atoms with Crippen molar-refractivity contribution in [3.05, 3.63) is 62.3 Å². The summed E-state index contributed by atoms with van der Waals surface area (Å²) in [5.74, 6) is -1.18. The van der Waals surface area contributed by atoms with E-state index in [0.29, 0.717) is 34.5 Å². The normalized spacial score (nSPS) is 13.9. The molecule has 144 valence electrons. The van der Waals surface area contributed by atoms with Gasteiger partial charge in [0.15, 0.2) is 11.2 Å². The first-order valence-electron chi connectivity index (χ1n) is 8.73. The van der Waals surface area contributed by atoms with Gasteiger partial charge in [-0.15, -0.1) is 11.3 Å². The van der Waals surface area contributed by atoms with Crippen molar-refractivity contribution < 1.29 is 18.7 Å². The number of ether oxygens (including phenoxy) is 1. The van der Waals surface area contributed by atoms with Gasteiger partial charge in [0.1, 0.15) is 10.6 Å². The Balaban J connectivity index is 1.72. The number of thiophene rings is 1. The minimum absolute atomic E-state index is 0.108. The molecule has 0 radical (unpaired) electrons. The molecule has 2 aromatic heterocycles. The van der Waals surface area contributed by atoms with Crippen LogP contribution in [0.15, 0.2) is 39.5 Å². The second kappa shape index (κ2) is 7.21. The van der Waals surface area contributed by atoms with Crippen molar-refractivity contribution in [3.8, 4) is 0 Å². The Bertz CT molecular complexity index is 1150. The van der Waals surface area contributed by atoms with Crippen molar-refractivity contribution >= 4 is 39.2 Å². The van der Waals surface area contributed by atoms with Crippen molar-refractivity contribution in [1.29, 1.82) is 0 Å². The smallest absolute Gasteiger partial charge is 0.341 e. The lowest BCUT2D eigenvalue weighted by molar-refractivity contribution is 0.0600. The third kappa shape index (κ3) is 3.21. The molecule has 0 atom stereocenters. The molecule has 4 rings (SSSR count). The summed E-state index contributed by atoms with van der Waals surface area (Å²) in [5.41, 5.74) is 1.32. The lowest BCUT2D eigenvalue weighted by Crippen LogP contribution is -2.26. The van der Waals surface area contributed by atoms with E-state index in [1.807, 2.05) is 7.05 Å². The number of carbonyl (C=O) groups is 2. The molecule has 28 heavy (non-hydrogen) atoms.